The lowest BCUT2D eigenvalue weighted by atomic mass is 10.0. The van der Waals surface area contributed by atoms with Gasteiger partial charge in [0.1, 0.15) is 0 Å². The van der Waals surface area contributed by atoms with E-state index in [2.05, 4.69) is 57.9 Å². The first-order valence-corrected chi connectivity index (χ1v) is 17.4. The fourth-order valence-electron chi connectivity index (χ4n) is 5.97. The summed E-state index contributed by atoms with van der Waals surface area (Å²) in [7, 11) is 0. The van der Waals surface area contributed by atoms with Crippen molar-refractivity contribution >= 4 is 54.7 Å². The molecule has 0 atom stereocenters. The number of nitrogens with zero attached hydrogens (tertiary/aromatic N) is 3. The quantitative estimate of drug-likeness (QED) is 0.106. The molecular formula is C34H45N5S2. The van der Waals surface area contributed by atoms with Crippen LogP contribution in [0, 0.1) is 0 Å². The maximum atomic E-state index is 5.94. The average Bonchev–Trinajstić information content (AvgIpc) is 3.70. The van der Waals surface area contributed by atoms with Crippen molar-refractivity contribution in [2.75, 3.05) is 11.5 Å². The number of aryl methyl sites for hydroxylation is 1. The Kier molecular flexibility index (Phi) is 10.7. The van der Waals surface area contributed by atoms with Crippen LogP contribution in [0.2, 0.25) is 0 Å². The fourth-order valence-corrected chi connectivity index (χ4v) is 7.11. The smallest absolute Gasteiger partial charge is 0.180 e. The van der Waals surface area contributed by atoms with E-state index in [0.717, 1.165) is 29.1 Å². The minimum atomic E-state index is 0.601. The molecule has 5 aromatic rings. The molecule has 0 spiro atoms. The van der Waals surface area contributed by atoms with Gasteiger partial charge in [0.15, 0.2) is 10.3 Å². The molecule has 0 saturated carbocycles. The van der Waals surface area contributed by atoms with Gasteiger partial charge in [-0.25, -0.2) is 9.97 Å². The van der Waals surface area contributed by atoms with Gasteiger partial charge >= 0.3 is 0 Å². The molecule has 218 valence electrons. The number of benzene rings is 2. The summed E-state index contributed by atoms with van der Waals surface area (Å²) >= 11 is 2.97. The Morgan fingerprint density at radius 2 is 1.00 bits per heavy atom. The molecule has 0 bridgehead atoms. The summed E-state index contributed by atoms with van der Waals surface area (Å²) in [6.45, 7) is 3.32. The van der Waals surface area contributed by atoms with Crippen molar-refractivity contribution < 1.29 is 0 Å². The van der Waals surface area contributed by atoms with Gasteiger partial charge in [0.2, 0.25) is 0 Å². The van der Waals surface area contributed by atoms with Crippen LogP contribution in [0.25, 0.3) is 44.3 Å². The highest BCUT2D eigenvalue weighted by Gasteiger charge is 2.15. The number of thiazole rings is 2. The number of hydrogen-bond donors (Lipinski definition) is 2. The summed E-state index contributed by atoms with van der Waals surface area (Å²) in [5.74, 6) is 0. The highest BCUT2D eigenvalue weighted by molar-refractivity contribution is 7.14. The van der Waals surface area contributed by atoms with Crippen LogP contribution in [0.5, 0.6) is 0 Å². The Morgan fingerprint density at radius 3 is 1.39 bits per heavy atom. The van der Waals surface area contributed by atoms with Gasteiger partial charge < -0.3 is 16.0 Å². The van der Waals surface area contributed by atoms with Crippen LogP contribution in [-0.4, -0.2) is 14.5 Å². The van der Waals surface area contributed by atoms with Gasteiger partial charge in [-0.3, -0.25) is 0 Å². The van der Waals surface area contributed by atoms with Crippen LogP contribution in [0.15, 0.2) is 47.2 Å². The molecule has 0 unspecified atom stereocenters. The third-order valence-electron chi connectivity index (χ3n) is 8.24. The molecule has 5 nitrogen and oxygen atoms in total. The second-order valence-electron chi connectivity index (χ2n) is 11.4. The first-order valence-electron chi connectivity index (χ1n) is 15.6. The molecule has 0 aliphatic carbocycles. The van der Waals surface area contributed by atoms with Crippen molar-refractivity contribution in [3.63, 3.8) is 0 Å². The number of unbranched alkanes of at least 4 members (excludes halogenated alkanes) is 13. The normalized spacial score (nSPS) is 11.7. The van der Waals surface area contributed by atoms with Crippen LogP contribution in [0.3, 0.4) is 0 Å². The van der Waals surface area contributed by atoms with Crippen molar-refractivity contribution in [1.82, 2.24) is 14.5 Å². The van der Waals surface area contributed by atoms with Crippen molar-refractivity contribution in [2.45, 2.75) is 103 Å². The summed E-state index contributed by atoms with van der Waals surface area (Å²) in [6, 6.07) is 13.4. The predicted molar refractivity (Wildman–Crippen MR) is 181 cm³/mol. The van der Waals surface area contributed by atoms with Crippen molar-refractivity contribution in [1.29, 1.82) is 0 Å². The summed E-state index contributed by atoms with van der Waals surface area (Å²) < 4.78 is 2.50. The molecular weight excluding hydrogens is 543 g/mol. The second kappa shape index (κ2) is 14.8. The van der Waals surface area contributed by atoms with Gasteiger partial charge in [0.05, 0.1) is 11.4 Å². The third kappa shape index (κ3) is 7.69. The van der Waals surface area contributed by atoms with Gasteiger partial charge in [0.25, 0.3) is 0 Å². The van der Waals surface area contributed by atoms with E-state index in [1.165, 1.54) is 134 Å². The summed E-state index contributed by atoms with van der Waals surface area (Å²) in [4.78, 5) is 9.06. The first kappa shape index (κ1) is 29.6. The molecule has 0 radical (unpaired) electrons. The van der Waals surface area contributed by atoms with Gasteiger partial charge in [0, 0.05) is 50.2 Å². The zero-order valence-electron chi connectivity index (χ0n) is 24.5. The van der Waals surface area contributed by atoms with Crippen molar-refractivity contribution in [3.8, 4) is 22.5 Å². The van der Waals surface area contributed by atoms with E-state index in [9.17, 15) is 0 Å². The molecule has 7 heteroatoms. The standard InChI is InChI=1S/C34H45N5S2/c1-2-3-4-5-6-7-8-9-10-11-12-13-14-15-20-39-31-18-16-25(29-23-40-33(35)37-29)21-27(31)28-22-26(17-19-32(28)39)30-24-41-34(36)38-30/h16-19,21-24H,2-15,20H2,1H3,(H2,35,37)(H2,36,38). The maximum absolute atomic E-state index is 5.94. The topological polar surface area (TPSA) is 82.8 Å². The number of fused-ring (bicyclic) bond motifs is 3. The first-order chi connectivity index (χ1) is 20.1. The van der Waals surface area contributed by atoms with Gasteiger partial charge in [-0.05, 0) is 30.7 Å². The Bertz CT molecular complexity index is 1430. The van der Waals surface area contributed by atoms with E-state index in [1.807, 2.05) is 10.8 Å². The highest BCUT2D eigenvalue weighted by atomic mass is 32.1. The lowest BCUT2D eigenvalue weighted by Gasteiger charge is -2.08. The molecule has 4 N–H and O–H groups in total. The SMILES string of the molecule is CCCCCCCCCCCCCCCCn1c2ccc(-c3csc(N)n3)cc2c2cc(-c3csc(N)n3)ccc21. The molecule has 0 fully saturated rings. The second-order valence-corrected chi connectivity index (χ2v) is 13.1. The summed E-state index contributed by atoms with van der Waals surface area (Å²) in [5.41, 5.74) is 18.5. The monoisotopic (exact) mass is 587 g/mol. The zero-order valence-corrected chi connectivity index (χ0v) is 26.2. The number of aromatic nitrogens is 3. The molecule has 0 aliphatic rings. The zero-order chi connectivity index (χ0) is 28.4. The third-order valence-corrected chi connectivity index (χ3v) is 9.58. The van der Waals surface area contributed by atoms with E-state index >= 15 is 0 Å². The van der Waals surface area contributed by atoms with E-state index < -0.39 is 0 Å². The van der Waals surface area contributed by atoms with Gasteiger partial charge in [-0.15, -0.1) is 22.7 Å². The number of nitrogen functional groups attached to an aromatic ring is 2. The highest BCUT2D eigenvalue weighted by Crippen LogP contribution is 2.36. The molecule has 0 aliphatic heterocycles. The van der Waals surface area contributed by atoms with Gasteiger partial charge in [-0.2, -0.15) is 0 Å². The average molecular weight is 588 g/mol. The van der Waals surface area contributed by atoms with Crippen molar-refractivity contribution in [2.24, 2.45) is 0 Å². The van der Waals surface area contributed by atoms with Crippen molar-refractivity contribution in [3.05, 3.63) is 47.2 Å². The van der Waals surface area contributed by atoms with Crippen LogP contribution >= 0.6 is 22.7 Å². The fraction of sp³-hybridized carbons (Fsp3) is 0.471. The Balaban J connectivity index is 1.20. The molecule has 2 aromatic carbocycles. The Hall–Kier alpha value is -2.90. The van der Waals surface area contributed by atoms with Crippen LogP contribution < -0.4 is 11.5 Å². The van der Waals surface area contributed by atoms with E-state index in [4.69, 9.17) is 11.5 Å². The number of nitrogens with two attached hydrogens (primary N) is 2. The number of rotatable bonds is 17. The minimum Gasteiger partial charge on any atom is -0.375 e. The van der Waals surface area contributed by atoms with E-state index in [0.29, 0.717) is 10.3 Å². The molecule has 0 saturated heterocycles. The number of hydrogen-bond acceptors (Lipinski definition) is 6. The van der Waals surface area contributed by atoms with Gasteiger partial charge in [-0.1, -0.05) is 103 Å². The minimum absolute atomic E-state index is 0.601. The van der Waals surface area contributed by atoms with Crippen LogP contribution in [-0.2, 0) is 6.54 Å². The van der Waals surface area contributed by atoms with E-state index in [-0.39, 0.29) is 0 Å². The Labute approximate surface area is 253 Å². The molecule has 5 rings (SSSR count). The molecule has 0 amide bonds. The summed E-state index contributed by atoms with van der Waals surface area (Å²) in [6.07, 6.45) is 19.3. The number of anilines is 2. The molecule has 3 aromatic heterocycles. The van der Waals surface area contributed by atoms with Crippen LogP contribution in [0.1, 0.15) is 96.8 Å². The van der Waals surface area contributed by atoms with Crippen LogP contribution in [0.4, 0.5) is 10.3 Å². The lowest BCUT2D eigenvalue weighted by Crippen LogP contribution is -1.98. The summed E-state index contributed by atoms with van der Waals surface area (Å²) in [5, 5.41) is 7.77. The maximum Gasteiger partial charge on any atom is 0.180 e. The largest absolute Gasteiger partial charge is 0.375 e. The molecule has 3 heterocycles. The Morgan fingerprint density at radius 1 is 0.585 bits per heavy atom. The predicted octanol–water partition coefficient (Wildman–Crippen LogP) is 10.7. The molecule has 41 heavy (non-hydrogen) atoms. The van der Waals surface area contributed by atoms with E-state index in [1.54, 1.807) is 0 Å². The lowest BCUT2D eigenvalue weighted by molar-refractivity contribution is 0.528.